The highest BCUT2D eigenvalue weighted by molar-refractivity contribution is 5.30. The molecular weight excluding hydrogens is 232 g/mol. The molecule has 1 unspecified atom stereocenters. The summed E-state index contributed by atoms with van der Waals surface area (Å²) in [5.41, 5.74) is 4.18. The van der Waals surface area contributed by atoms with E-state index < -0.39 is 0 Å². The lowest BCUT2D eigenvalue weighted by atomic mass is 10.1. The van der Waals surface area contributed by atoms with E-state index in [1.54, 1.807) is 0 Å². The predicted molar refractivity (Wildman–Crippen MR) is 82.5 cm³/mol. The van der Waals surface area contributed by atoms with Gasteiger partial charge in [0.1, 0.15) is 0 Å². The molecule has 0 saturated carbocycles. The zero-order chi connectivity index (χ0) is 13.7. The van der Waals surface area contributed by atoms with Crippen LogP contribution in [0.15, 0.2) is 18.2 Å². The lowest BCUT2D eigenvalue weighted by molar-refractivity contribution is 0.209. The van der Waals surface area contributed by atoms with Crippen LogP contribution in [0.25, 0.3) is 0 Å². The van der Waals surface area contributed by atoms with Crippen molar-refractivity contribution in [3.05, 3.63) is 34.9 Å². The van der Waals surface area contributed by atoms with Crippen molar-refractivity contribution >= 4 is 0 Å². The molecule has 1 heterocycles. The second-order valence-corrected chi connectivity index (χ2v) is 6.07. The minimum atomic E-state index is 0.568. The van der Waals surface area contributed by atoms with Gasteiger partial charge in [-0.05, 0) is 57.8 Å². The van der Waals surface area contributed by atoms with Crippen molar-refractivity contribution in [1.82, 2.24) is 10.2 Å². The number of hydrogen-bond donors (Lipinski definition) is 1. The Morgan fingerprint density at radius 2 is 1.89 bits per heavy atom. The second-order valence-electron chi connectivity index (χ2n) is 6.07. The Morgan fingerprint density at radius 3 is 2.63 bits per heavy atom. The van der Waals surface area contributed by atoms with Gasteiger partial charge in [0, 0.05) is 19.1 Å². The van der Waals surface area contributed by atoms with Gasteiger partial charge >= 0.3 is 0 Å². The van der Waals surface area contributed by atoms with Crippen LogP contribution in [-0.2, 0) is 6.54 Å². The summed E-state index contributed by atoms with van der Waals surface area (Å²) in [6.45, 7) is 11.4. The standard InChI is InChI=1S/C17H28N2/c1-14-7-8-15(2)17(11-14)12-18-16(3)13-19-9-5-4-6-10-19/h7-8,11,16,18H,4-6,9-10,12-13H2,1-3H3. The quantitative estimate of drug-likeness (QED) is 0.874. The Kier molecular flexibility index (Phi) is 5.41. The van der Waals surface area contributed by atoms with Gasteiger partial charge in [0.15, 0.2) is 0 Å². The number of nitrogens with one attached hydrogen (secondary N) is 1. The van der Waals surface area contributed by atoms with Crippen LogP contribution in [0.4, 0.5) is 0 Å². The summed E-state index contributed by atoms with van der Waals surface area (Å²) in [6.07, 6.45) is 4.17. The Balaban J connectivity index is 1.79. The molecule has 0 amide bonds. The van der Waals surface area contributed by atoms with Crippen molar-refractivity contribution in [2.75, 3.05) is 19.6 Å². The van der Waals surface area contributed by atoms with Crippen LogP contribution in [0.3, 0.4) is 0 Å². The summed E-state index contributed by atoms with van der Waals surface area (Å²) in [5.74, 6) is 0. The molecule has 1 aromatic rings. The molecule has 2 nitrogen and oxygen atoms in total. The largest absolute Gasteiger partial charge is 0.309 e. The Bertz CT molecular complexity index is 394. The fraction of sp³-hybridized carbons (Fsp3) is 0.647. The molecule has 1 saturated heterocycles. The number of likely N-dealkylation sites (tertiary alicyclic amines) is 1. The molecule has 0 spiro atoms. The van der Waals surface area contributed by atoms with Gasteiger partial charge in [-0.3, -0.25) is 0 Å². The van der Waals surface area contributed by atoms with E-state index in [0.717, 1.165) is 6.54 Å². The Hall–Kier alpha value is -0.860. The van der Waals surface area contributed by atoms with E-state index in [-0.39, 0.29) is 0 Å². The second kappa shape index (κ2) is 7.06. The summed E-state index contributed by atoms with van der Waals surface area (Å²) in [5, 5.41) is 3.67. The highest BCUT2D eigenvalue weighted by Gasteiger charge is 2.13. The summed E-state index contributed by atoms with van der Waals surface area (Å²) in [6, 6.07) is 7.28. The molecule has 2 rings (SSSR count). The van der Waals surface area contributed by atoms with Crippen molar-refractivity contribution in [1.29, 1.82) is 0 Å². The number of hydrogen-bond acceptors (Lipinski definition) is 2. The maximum absolute atomic E-state index is 3.67. The zero-order valence-electron chi connectivity index (χ0n) is 12.7. The minimum Gasteiger partial charge on any atom is -0.309 e. The van der Waals surface area contributed by atoms with Crippen molar-refractivity contribution < 1.29 is 0 Å². The van der Waals surface area contributed by atoms with Crippen molar-refractivity contribution in [3.63, 3.8) is 0 Å². The molecule has 1 N–H and O–H groups in total. The molecule has 0 bridgehead atoms. The van der Waals surface area contributed by atoms with Gasteiger partial charge in [-0.1, -0.05) is 30.2 Å². The van der Waals surface area contributed by atoms with Crippen molar-refractivity contribution in [3.8, 4) is 0 Å². The molecule has 1 atom stereocenters. The van der Waals surface area contributed by atoms with Crippen molar-refractivity contribution in [2.45, 2.75) is 52.6 Å². The molecule has 0 aromatic heterocycles. The van der Waals surface area contributed by atoms with Gasteiger partial charge in [-0.15, -0.1) is 0 Å². The SMILES string of the molecule is Cc1ccc(C)c(CNC(C)CN2CCCCC2)c1. The molecule has 0 radical (unpaired) electrons. The normalized spacial score (nSPS) is 18.5. The maximum atomic E-state index is 3.67. The lowest BCUT2D eigenvalue weighted by Gasteiger charge is -2.29. The average Bonchev–Trinajstić information content (AvgIpc) is 2.41. The summed E-state index contributed by atoms with van der Waals surface area (Å²) in [7, 11) is 0. The highest BCUT2D eigenvalue weighted by Crippen LogP contribution is 2.11. The minimum absolute atomic E-state index is 0.568. The Morgan fingerprint density at radius 1 is 1.16 bits per heavy atom. The highest BCUT2D eigenvalue weighted by atomic mass is 15.1. The lowest BCUT2D eigenvalue weighted by Crippen LogP contribution is -2.41. The van der Waals surface area contributed by atoms with Crippen LogP contribution < -0.4 is 5.32 Å². The van der Waals surface area contributed by atoms with Crippen LogP contribution in [0.5, 0.6) is 0 Å². The van der Waals surface area contributed by atoms with E-state index in [9.17, 15) is 0 Å². The van der Waals surface area contributed by atoms with Gasteiger partial charge in [0.25, 0.3) is 0 Å². The first-order valence-corrected chi connectivity index (χ1v) is 7.67. The van der Waals surface area contributed by atoms with E-state index in [2.05, 4.69) is 49.2 Å². The molecule has 1 fully saturated rings. The average molecular weight is 260 g/mol. The zero-order valence-corrected chi connectivity index (χ0v) is 12.7. The third-order valence-electron chi connectivity index (χ3n) is 4.13. The van der Waals surface area contributed by atoms with Crippen LogP contribution in [0.2, 0.25) is 0 Å². The van der Waals surface area contributed by atoms with E-state index in [1.807, 2.05) is 0 Å². The first kappa shape index (κ1) is 14.5. The number of rotatable bonds is 5. The molecule has 1 aromatic carbocycles. The predicted octanol–water partition coefficient (Wildman–Crippen LogP) is 3.27. The maximum Gasteiger partial charge on any atom is 0.0211 e. The Labute approximate surface area is 118 Å². The number of piperidine rings is 1. The molecule has 0 aliphatic carbocycles. The molecule has 1 aliphatic heterocycles. The van der Waals surface area contributed by atoms with E-state index in [4.69, 9.17) is 0 Å². The molecule has 106 valence electrons. The van der Waals surface area contributed by atoms with Gasteiger partial charge in [0.2, 0.25) is 0 Å². The molecule has 2 heteroatoms. The van der Waals surface area contributed by atoms with E-state index in [0.29, 0.717) is 6.04 Å². The molecular formula is C17H28N2. The van der Waals surface area contributed by atoms with Crippen LogP contribution in [0, 0.1) is 13.8 Å². The van der Waals surface area contributed by atoms with Gasteiger partial charge in [-0.25, -0.2) is 0 Å². The third-order valence-corrected chi connectivity index (χ3v) is 4.13. The van der Waals surface area contributed by atoms with Crippen LogP contribution >= 0.6 is 0 Å². The number of nitrogens with zero attached hydrogens (tertiary/aromatic N) is 1. The monoisotopic (exact) mass is 260 g/mol. The van der Waals surface area contributed by atoms with Crippen LogP contribution in [0.1, 0.15) is 42.9 Å². The summed E-state index contributed by atoms with van der Waals surface area (Å²) >= 11 is 0. The first-order valence-electron chi connectivity index (χ1n) is 7.67. The first-order chi connectivity index (χ1) is 9.15. The molecule has 1 aliphatic rings. The van der Waals surface area contributed by atoms with E-state index >= 15 is 0 Å². The summed E-state index contributed by atoms with van der Waals surface area (Å²) < 4.78 is 0. The van der Waals surface area contributed by atoms with Crippen LogP contribution in [-0.4, -0.2) is 30.6 Å². The smallest absolute Gasteiger partial charge is 0.0211 e. The van der Waals surface area contributed by atoms with Crippen molar-refractivity contribution in [2.24, 2.45) is 0 Å². The molecule has 19 heavy (non-hydrogen) atoms. The number of benzene rings is 1. The number of aryl methyl sites for hydroxylation is 2. The third kappa shape index (κ3) is 4.63. The topological polar surface area (TPSA) is 15.3 Å². The van der Waals surface area contributed by atoms with Gasteiger partial charge in [0.05, 0.1) is 0 Å². The van der Waals surface area contributed by atoms with Gasteiger partial charge < -0.3 is 10.2 Å². The fourth-order valence-electron chi connectivity index (χ4n) is 2.87. The van der Waals surface area contributed by atoms with E-state index in [1.165, 1.54) is 55.6 Å². The van der Waals surface area contributed by atoms with Gasteiger partial charge in [-0.2, -0.15) is 0 Å². The fourth-order valence-corrected chi connectivity index (χ4v) is 2.87. The summed E-state index contributed by atoms with van der Waals surface area (Å²) in [4.78, 5) is 2.60.